The van der Waals surface area contributed by atoms with Crippen molar-refractivity contribution in [2.75, 3.05) is 36.5 Å². The number of nitriles is 1. The number of amides is 1. The van der Waals surface area contributed by atoms with Gasteiger partial charge in [-0.1, -0.05) is 11.6 Å². The van der Waals surface area contributed by atoms with Gasteiger partial charge in [-0.05, 0) is 40.2 Å². The van der Waals surface area contributed by atoms with Gasteiger partial charge in [-0.15, -0.1) is 0 Å². The van der Waals surface area contributed by atoms with Crippen molar-refractivity contribution in [3.63, 3.8) is 0 Å². The first kappa shape index (κ1) is 18.5. The Kier molecular flexibility index (Phi) is 5.99. The molecular formula is C18H15BrClN3O3. The smallest absolute Gasteiger partial charge is 0.266 e. The molecule has 1 aliphatic rings. The zero-order valence-electron chi connectivity index (χ0n) is 13.7. The summed E-state index contributed by atoms with van der Waals surface area (Å²) in [6, 6.07) is 10.3. The van der Waals surface area contributed by atoms with Gasteiger partial charge in [0.1, 0.15) is 17.4 Å². The Morgan fingerprint density at radius 2 is 2.00 bits per heavy atom. The van der Waals surface area contributed by atoms with Crippen LogP contribution in [0.5, 0.6) is 0 Å². The Morgan fingerprint density at radius 1 is 1.31 bits per heavy atom. The summed E-state index contributed by atoms with van der Waals surface area (Å²) in [6.07, 6.45) is 1.42. The van der Waals surface area contributed by atoms with Crippen molar-refractivity contribution < 1.29 is 13.9 Å². The summed E-state index contributed by atoms with van der Waals surface area (Å²) in [5, 5.41) is 12.5. The van der Waals surface area contributed by atoms with Crippen LogP contribution in [0.2, 0.25) is 5.02 Å². The normalized spacial score (nSPS) is 14.8. The van der Waals surface area contributed by atoms with E-state index in [9.17, 15) is 10.1 Å². The lowest BCUT2D eigenvalue weighted by Crippen LogP contribution is -2.36. The summed E-state index contributed by atoms with van der Waals surface area (Å²) >= 11 is 9.28. The number of nitrogens with zero attached hydrogens (tertiary/aromatic N) is 2. The quantitative estimate of drug-likeness (QED) is 0.577. The first-order valence-corrected chi connectivity index (χ1v) is 9.04. The number of hydrogen-bond donors (Lipinski definition) is 1. The number of morpholine rings is 1. The van der Waals surface area contributed by atoms with Gasteiger partial charge in [-0.2, -0.15) is 5.26 Å². The standard InChI is InChI=1S/C18H15BrClN3O3/c19-16-10-15(26-18(16)23-5-7-25-8-6-23)9-12(11-21)17(24)22-14-3-1-13(20)2-4-14/h1-4,9-10H,5-8H2,(H,22,24)/b12-9-. The van der Waals surface area contributed by atoms with Crippen LogP contribution in [0.15, 0.2) is 44.8 Å². The van der Waals surface area contributed by atoms with Crippen molar-refractivity contribution in [2.24, 2.45) is 0 Å². The first-order valence-electron chi connectivity index (χ1n) is 7.87. The molecule has 26 heavy (non-hydrogen) atoms. The lowest BCUT2D eigenvalue weighted by molar-refractivity contribution is -0.112. The highest BCUT2D eigenvalue weighted by Crippen LogP contribution is 2.32. The van der Waals surface area contributed by atoms with Gasteiger partial charge in [0.2, 0.25) is 5.88 Å². The highest BCUT2D eigenvalue weighted by Gasteiger charge is 2.19. The predicted octanol–water partition coefficient (Wildman–Crippen LogP) is 4.08. The van der Waals surface area contributed by atoms with Gasteiger partial charge in [-0.25, -0.2) is 0 Å². The lowest BCUT2D eigenvalue weighted by Gasteiger charge is -2.26. The maximum atomic E-state index is 12.3. The number of carbonyl (C=O) groups excluding carboxylic acids is 1. The summed E-state index contributed by atoms with van der Waals surface area (Å²) in [4.78, 5) is 14.4. The van der Waals surface area contributed by atoms with Gasteiger partial charge in [-0.3, -0.25) is 4.79 Å². The molecule has 1 aromatic carbocycles. The second kappa shape index (κ2) is 8.41. The lowest BCUT2D eigenvalue weighted by atomic mass is 10.2. The van der Waals surface area contributed by atoms with Gasteiger partial charge < -0.3 is 19.4 Å². The Labute approximate surface area is 164 Å². The summed E-state index contributed by atoms with van der Waals surface area (Å²) < 4.78 is 11.9. The van der Waals surface area contributed by atoms with Crippen molar-refractivity contribution >= 4 is 51.1 Å². The molecule has 1 saturated heterocycles. The largest absolute Gasteiger partial charge is 0.440 e. The molecule has 1 fully saturated rings. The SMILES string of the molecule is N#C/C(=C/c1cc(Br)c(N2CCOCC2)o1)C(=O)Nc1ccc(Cl)cc1. The van der Waals surface area contributed by atoms with E-state index in [2.05, 4.69) is 21.2 Å². The number of benzene rings is 1. The average molecular weight is 437 g/mol. The van der Waals surface area contributed by atoms with E-state index in [-0.39, 0.29) is 5.57 Å². The van der Waals surface area contributed by atoms with Crippen molar-refractivity contribution in [1.29, 1.82) is 5.26 Å². The highest BCUT2D eigenvalue weighted by molar-refractivity contribution is 9.10. The Bertz CT molecular complexity index is 865. The molecule has 0 spiro atoms. The fourth-order valence-corrected chi connectivity index (χ4v) is 3.14. The maximum Gasteiger partial charge on any atom is 0.266 e. The van der Waals surface area contributed by atoms with E-state index >= 15 is 0 Å². The monoisotopic (exact) mass is 435 g/mol. The average Bonchev–Trinajstić information content (AvgIpc) is 3.02. The number of rotatable bonds is 4. The van der Waals surface area contributed by atoms with Crippen LogP contribution in [0.4, 0.5) is 11.6 Å². The minimum absolute atomic E-state index is 0.0604. The van der Waals surface area contributed by atoms with Crippen molar-refractivity contribution in [1.82, 2.24) is 0 Å². The van der Waals surface area contributed by atoms with Crippen LogP contribution < -0.4 is 10.2 Å². The molecule has 0 unspecified atom stereocenters. The second-order valence-corrected chi connectivity index (χ2v) is 6.82. The van der Waals surface area contributed by atoms with E-state index in [4.69, 9.17) is 20.8 Å². The third-order valence-electron chi connectivity index (χ3n) is 3.74. The van der Waals surface area contributed by atoms with E-state index in [1.807, 2.05) is 11.0 Å². The zero-order chi connectivity index (χ0) is 18.5. The molecule has 2 aromatic rings. The Morgan fingerprint density at radius 3 is 2.65 bits per heavy atom. The molecular weight excluding hydrogens is 422 g/mol. The van der Waals surface area contributed by atoms with Gasteiger partial charge in [0.15, 0.2) is 0 Å². The summed E-state index contributed by atoms with van der Waals surface area (Å²) in [6.45, 7) is 2.70. The van der Waals surface area contributed by atoms with E-state index < -0.39 is 5.91 Å². The molecule has 1 amide bonds. The number of nitrogens with one attached hydrogen (secondary N) is 1. The summed E-state index contributed by atoms with van der Waals surface area (Å²) in [7, 11) is 0. The fourth-order valence-electron chi connectivity index (χ4n) is 2.45. The third-order valence-corrected chi connectivity index (χ3v) is 4.56. The number of ether oxygens (including phenoxy) is 1. The van der Waals surface area contributed by atoms with Crippen molar-refractivity contribution in [3.05, 3.63) is 51.2 Å². The number of carbonyl (C=O) groups is 1. The van der Waals surface area contributed by atoms with Crippen LogP contribution in [0.1, 0.15) is 5.76 Å². The zero-order valence-corrected chi connectivity index (χ0v) is 16.0. The molecule has 1 aromatic heterocycles. The van der Waals surface area contributed by atoms with Gasteiger partial charge in [0, 0.05) is 35.9 Å². The van der Waals surface area contributed by atoms with Crippen LogP contribution in [0.3, 0.4) is 0 Å². The van der Waals surface area contributed by atoms with Crippen LogP contribution >= 0.6 is 27.5 Å². The molecule has 0 atom stereocenters. The minimum Gasteiger partial charge on any atom is -0.440 e. The highest BCUT2D eigenvalue weighted by atomic mass is 79.9. The molecule has 6 nitrogen and oxygen atoms in total. The molecule has 2 heterocycles. The van der Waals surface area contributed by atoms with Gasteiger partial charge in [0.05, 0.1) is 17.7 Å². The fraction of sp³-hybridized carbons (Fsp3) is 0.222. The molecule has 8 heteroatoms. The summed E-state index contributed by atoms with van der Waals surface area (Å²) in [5.41, 5.74) is 0.491. The molecule has 1 aliphatic heterocycles. The maximum absolute atomic E-state index is 12.3. The topological polar surface area (TPSA) is 78.5 Å². The molecule has 3 rings (SSSR count). The van der Waals surface area contributed by atoms with Gasteiger partial charge in [0.25, 0.3) is 5.91 Å². The van der Waals surface area contributed by atoms with E-state index in [0.29, 0.717) is 35.6 Å². The first-order chi connectivity index (χ1) is 12.6. The van der Waals surface area contributed by atoms with E-state index in [1.165, 1.54) is 6.08 Å². The predicted molar refractivity (Wildman–Crippen MR) is 103 cm³/mol. The van der Waals surface area contributed by atoms with E-state index in [0.717, 1.165) is 17.6 Å². The van der Waals surface area contributed by atoms with E-state index in [1.54, 1.807) is 30.3 Å². The van der Waals surface area contributed by atoms with Crippen molar-refractivity contribution in [2.45, 2.75) is 0 Å². The van der Waals surface area contributed by atoms with Crippen LogP contribution in [0.25, 0.3) is 6.08 Å². The third kappa shape index (κ3) is 4.47. The minimum atomic E-state index is -0.518. The molecule has 0 saturated carbocycles. The summed E-state index contributed by atoms with van der Waals surface area (Å²) in [5.74, 6) is 0.561. The van der Waals surface area contributed by atoms with Crippen LogP contribution in [-0.4, -0.2) is 32.2 Å². The number of anilines is 2. The molecule has 1 N–H and O–H groups in total. The van der Waals surface area contributed by atoms with Crippen LogP contribution in [0, 0.1) is 11.3 Å². The number of halogens is 2. The number of furan rings is 1. The molecule has 0 bridgehead atoms. The molecule has 134 valence electrons. The Hall–Kier alpha value is -2.27. The molecule has 0 radical (unpaired) electrons. The second-order valence-electron chi connectivity index (χ2n) is 5.53. The number of hydrogen-bond acceptors (Lipinski definition) is 5. The van der Waals surface area contributed by atoms with Crippen LogP contribution in [-0.2, 0) is 9.53 Å². The Balaban J connectivity index is 1.77. The van der Waals surface area contributed by atoms with Crippen molar-refractivity contribution in [3.8, 4) is 6.07 Å². The molecule has 0 aliphatic carbocycles. The van der Waals surface area contributed by atoms with Gasteiger partial charge >= 0.3 is 0 Å².